The van der Waals surface area contributed by atoms with Gasteiger partial charge in [0.15, 0.2) is 5.82 Å². The van der Waals surface area contributed by atoms with E-state index in [4.69, 9.17) is 34.8 Å². The maximum absolute atomic E-state index is 6.05. The van der Waals surface area contributed by atoms with Crippen molar-refractivity contribution >= 4 is 52.1 Å². The average molecular weight is 357 g/mol. The molecule has 0 radical (unpaired) electrons. The van der Waals surface area contributed by atoms with Crippen molar-refractivity contribution in [1.82, 2.24) is 15.4 Å². The SMILES string of the molecule is Cc1cc(N=C2CCN(c3ccc(Cl)c(Cl)c3)N2)nc(Cl)n1. The van der Waals surface area contributed by atoms with Crippen LogP contribution in [0.3, 0.4) is 0 Å². The Labute approximate surface area is 142 Å². The topological polar surface area (TPSA) is 53.4 Å². The number of halogens is 3. The zero-order chi connectivity index (χ0) is 15.7. The minimum atomic E-state index is 0.193. The van der Waals surface area contributed by atoms with Crippen molar-refractivity contribution in [1.29, 1.82) is 0 Å². The Hall–Kier alpha value is -1.56. The van der Waals surface area contributed by atoms with E-state index >= 15 is 0 Å². The predicted octanol–water partition coefficient (Wildman–Crippen LogP) is 4.19. The molecule has 1 N–H and O–H groups in total. The summed E-state index contributed by atoms with van der Waals surface area (Å²) in [6.07, 6.45) is 0.765. The van der Waals surface area contributed by atoms with E-state index in [1.165, 1.54) is 0 Å². The van der Waals surface area contributed by atoms with Gasteiger partial charge in [-0.05, 0) is 36.7 Å². The molecule has 8 heteroatoms. The Morgan fingerprint density at radius 2 is 1.95 bits per heavy atom. The van der Waals surface area contributed by atoms with Crippen LogP contribution in [-0.4, -0.2) is 22.3 Å². The molecule has 0 bridgehead atoms. The molecule has 5 nitrogen and oxygen atoms in total. The molecule has 114 valence electrons. The molecule has 2 aromatic rings. The molecular formula is C14H12Cl3N5. The van der Waals surface area contributed by atoms with Crippen LogP contribution in [0.4, 0.5) is 11.5 Å². The van der Waals surface area contributed by atoms with Crippen LogP contribution in [0.5, 0.6) is 0 Å². The Bertz CT molecular complexity index is 727. The van der Waals surface area contributed by atoms with Gasteiger partial charge in [0.2, 0.25) is 5.28 Å². The second-order valence-electron chi connectivity index (χ2n) is 4.81. The van der Waals surface area contributed by atoms with Crippen LogP contribution < -0.4 is 10.4 Å². The highest BCUT2D eigenvalue weighted by atomic mass is 35.5. The third-order valence-corrected chi connectivity index (χ3v) is 4.02. The van der Waals surface area contributed by atoms with Gasteiger partial charge in [-0.15, -0.1) is 0 Å². The lowest BCUT2D eigenvalue weighted by Gasteiger charge is -2.18. The number of aliphatic imine (C=N–C) groups is 1. The molecule has 1 fully saturated rings. The van der Waals surface area contributed by atoms with E-state index < -0.39 is 0 Å². The molecule has 0 atom stereocenters. The summed E-state index contributed by atoms with van der Waals surface area (Å²) in [4.78, 5) is 12.6. The molecule has 0 aliphatic carbocycles. The van der Waals surface area contributed by atoms with E-state index in [1.807, 2.05) is 24.1 Å². The number of rotatable bonds is 2. The maximum Gasteiger partial charge on any atom is 0.224 e. The number of nitrogens with zero attached hydrogens (tertiary/aromatic N) is 4. The summed E-state index contributed by atoms with van der Waals surface area (Å²) in [6.45, 7) is 2.62. The molecule has 2 heterocycles. The third-order valence-electron chi connectivity index (χ3n) is 3.11. The molecule has 0 spiro atoms. The molecule has 1 aromatic carbocycles. The summed E-state index contributed by atoms with van der Waals surface area (Å²) in [5.74, 6) is 1.34. The summed E-state index contributed by atoms with van der Waals surface area (Å²) < 4.78 is 0. The molecular weight excluding hydrogens is 345 g/mol. The van der Waals surface area contributed by atoms with Crippen molar-refractivity contribution in [3.63, 3.8) is 0 Å². The smallest absolute Gasteiger partial charge is 0.224 e. The van der Waals surface area contributed by atoms with Gasteiger partial charge in [0, 0.05) is 24.7 Å². The number of hydrogen-bond donors (Lipinski definition) is 1. The lowest BCUT2D eigenvalue weighted by Crippen LogP contribution is -2.33. The molecule has 0 saturated carbocycles. The summed E-state index contributed by atoms with van der Waals surface area (Å²) in [7, 11) is 0. The second kappa shape index (κ2) is 6.28. The minimum absolute atomic E-state index is 0.193. The number of aryl methyl sites for hydroxylation is 1. The van der Waals surface area contributed by atoms with Crippen LogP contribution in [-0.2, 0) is 0 Å². The molecule has 0 amide bonds. The highest BCUT2D eigenvalue weighted by Crippen LogP contribution is 2.27. The number of hydrogen-bond acceptors (Lipinski definition) is 4. The van der Waals surface area contributed by atoms with Gasteiger partial charge in [0.1, 0.15) is 5.84 Å². The largest absolute Gasteiger partial charge is 0.286 e. The summed E-state index contributed by atoms with van der Waals surface area (Å²) in [5, 5.41) is 3.20. The Kier molecular flexibility index (Phi) is 4.38. The van der Waals surface area contributed by atoms with Gasteiger partial charge in [0.05, 0.1) is 15.7 Å². The fourth-order valence-corrected chi connectivity index (χ4v) is 2.64. The first-order valence-electron chi connectivity index (χ1n) is 6.59. The highest BCUT2D eigenvalue weighted by Gasteiger charge is 2.18. The van der Waals surface area contributed by atoms with Gasteiger partial charge in [-0.2, -0.15) is 4.98 Å². The lowest BCUT2D eigenvalue weighted by molar-refractivity contribution is 0.858. The molecule has 3 rings (SSSR count). The first-order valence-corrected chi connectivity index (χ1v) is 7.72. The number of aromatic nitrogens is 2. The van der Waals surface area contributed by atoms with E-state index in [0.717, 1.165) is 30.2 Å². The number of hydrazine groups is 1. The average Bonchev–Trinajstić information content (AvgIpc) is 2.89. The van der Waals surface area contributed by atoms with E-state index in [-0.39, 0.29) is 5.28 Å². The van der Waals surface area contributed by atoms with Gasteiger partial charge >= 0.3 is 0 Å². The van der Waals surface area contributed by atoms with Gasteiger partial charge in [-0.3, -0.25) is 10.4 Å². The van der Waals surface area contributed by atoms with Crippen molar-refractivity contribution in [2.75, 3.05) is 11.6 Å². The van der Waals surface area contributed by atoms with Gasteiger partial charge in [-0.25, -0.2) is 9.98 Å². The van der Waals surface area contributed by atoms with Crippen LogP contribution in [0.15, 0.2) is 29.3 Å². The Morgan fingerprint density at radius 1 is 1.14 bits per heavy atom. The van der Waals surface area contributed by atoms with E-state index in [1.54, 1.807) is 12.1 Å². The lowest BCUT2D eigenvalue weighted by atomic mass is 10.3. The van der Waals surface area contributed by atoms with Crippen molar-refractivity contribution in [2.24, 2.45) is 4.99 Å². The van der Waals surface area contributed by atoms with Crippen molar-refractivity contribution in [3.05, 3.63) is 45.3 Å². The summed E-state index contributed by atoms with van der Waals surface area (Å²) in [6, 6.07) is 7.26. The van der Waals surface area contributed by atoms with Crippen LogP contribution in [0.1, 0.15) is 12.1 Å². The molecule has 1 aliphatic heterocycles. The van der Waals surface area contributed by atoms with E-state index in [2.05, 4.69) is 20.4 Å². The van der Waals surface area contributed by atoms with Crippen LogP contribution in [0.25, 0.3) is 0 Å². The Balaban J connectivity index is 1.79. The Morgan fingerprint density at radius 3 is 2.68 bits per heavy atom. The van der Waals surface area contributed by atoms with Crippen LogP contribution >= 0.6 is 34.8 Å². The van der Waals surface area contributed by atoms with Crippen molar-refractivity contribution in [2.45, 2.75) is 13.3 Å². The van der Waals surface area contributed by atoms with E-state index in [9.17, 15) is 0 Å². The first-order chi connectivity index (χ1) is 10.5. The molecule has 1 aliphatic rings. The van der Waals surface area contributed by atoms with Gasteiger partial charge in [-0.1, -0.05) is 23.2 Å². The predicted molar refractivity (Wildman–Crippen MR) is 90.4 cm³/mol. The monoisotopic (exact) mass is 355 g/mol. The van der Waals surface area contributed by atoms with Crippen LogP contribution in [0.2, 0.25) is 15.3 Å². The number of anilines is 1. The quantitative estimate of drug-likeness (QED) is 0.820. The zero-order valence-corrected chi connectivity index (χ0v) is 13.9. The van der Waals surface area contributed by atoms with Crippen molar-refractivity contribution < 1.29 is 0 Å². The fourth-order valence-electron chi connectivity index (χ4n) is 2.12. The zero-order valence-electron chi connectivity index (χ0n) is 11.6. The summed E-state index contributed by atoms with van der Waals surface area (Å²) >= 11 is 17.8. The molecule has 22 heavy (non-hydrogen) atoms. The van der Waals surface area contributed by atoms with Crippen molar-refractivity contribution in [3.8, 4) is 0 Å². The van der Waals surface area contributed by atoms with Gasteiger partial charge < -0.3 is 0 Å². The third kappa shape index (κ3) is 3.43. The number of nitrogens with one attached hydrogen (secondary N) is 1. The van der Waals surface area contributed by atoms with E-state index in [0.29, 0.717) is 15.9 Å². The standard InChI is InChI=1S/C14H12Cl3N5/c1-8-6-13(20-14(17)18-8)19-12-4-5-22(21-12)9-2-3-10(15)11(16)7-9/h2-3,6-7H,4-5H2,1H3,(H,18,19,20,21). The first kappa shape index (κ1) is 15.3. The van der Waals surface area contributed by atoms with Crippen LogP contribution in [0, 0.1) is 6.92 Å². The minimum Gasteiger partial charge on any atom is -0.286 e. The van der Waals surface area contributed by atoms with Gasteiger partial charge in [0.25, 0.3) is 0 Å². The highest BCUT2D eigenvalue weighted by molar-refractivity contribution is 6.42. The maximum atomic E-state index is 6.05. The molecule has 1 saturated heterocycles. The normalized spacial score (nSPS) is 16.2. The number of benzene rings is 1. The molecule has 0 unspecified atom stereocenters. The second-order valence-corrected chi connectivity index (χ2v) is 5.96. The summed E-state index contributed by atoms with van der Waals surface area (Å²) in [5.41, 5.74) is 4.92. The number of amidine groups is 1. The fraction of sp³-hybridized carbons (Fsp3) is 0.214. The molecule has 1 aromatic heterocycles.